The minimum atomic E-state index is 0.498. The van der Waals surface area contributed by atoms with Gasteiger partial charge in [0.15, 0.2) is 5.82 Å². The summed E-state index contributed by atoms with van der Waals surface area (Å²) in [5.74, 6) is 1.39. The monoisotopic (exact) mass is 254 g/mol. The molecule has 0 aliphatic rings. The average molecular weight is 254 g/mol. The van der Waals surface area contributed by atoms with Gasteiger partial charge in [-0.15, -0.1) is 5.10 Å². The zero-order chi connectivity index (χ0) is 13.7. The molecular formula is C15H18N4. The summed E-state index contributed by atoms with van der Waals surface area (Å²) >= 11 is 0. The first-order chi connectivity index (χ1) is 9.22. The van der Waals surface area contributed by atoms with E-state index in [1.807, 2.05) is 18.2 Å². The van der Waals surface area contributed by atoms with E-state index >= 15 is 0 Å². The lowest BCUT2D eigenvalue weighted by atomic mass is 10.1. The standard InChI is InChI=1S/C15H18N4/c1-12(2)11-19(9-5-8-16)15-14-7-4-3-6-13(14)10-17-18-15/h3-4,6-7,10,12H,5,9,11H2,1-2H3. The second-order valence-corrected chi connectivity index (χ2v) is 5.00. The zero-order valence-corrected chi connectivity index (χ0v) is 11.4. The van der Waals surface area contributed by atoms with Gasteiger partial charge in [0.25, 0.3) is 0 Å². The van der Waals surface area contributed by atoms with Gasteiger partial charge in [-0.1, -0.05) is 38.1 Å². The van der Waals surface area contributed by atoms with Gasteiger partial charge in [-0.2, -0.15) is 10.4 Å². The third kappa shape index (κ3) is 3.19. The fourth-order valence-electron chi connectivity index (χ4n) is 2.16. The summed E-state index contributed by atoms with van der Waals surface area (Å²) < 4.78 is 0. The molecule has 0 saturated heterocycles. The molecule has 0 atom stereocenters. The number of fused-ring (bicyclic) bond motifs is 1. The fraction of sp³-hybridized carbons (Fsp3) is 0.400. The SMILES string of the molecule is CC(C)CN(CCC#N)c1nncc2ccccc12. The molecule has 19 heavy (non-hydrogen) atoms. The van der Waals surface area contributed by atoms with Crippen LogP contribution in [0.25, 0.3) is 10.8 Å². The van der Waals surface area contributed by atoms with Crippen LogP contribution in [0.15, 0.2) is 30.5 Å². The summed E-state index contributed by atoms with van der Waals surface area (Å²) in [5, 5.41) is 19.3. The van der Waals surface area contributed by atoms with Crippen LogP contribution in [0.3, 0.4) is 0 Å². The van der Waals surface area contributed by atoms with Gasteiger partial charge < -0.3 is 4.90 Å². The van der Waals surface area contributed by atoms with Crippen molar-refractivity contribution in [3.8, 4) is 6.07 Å². The molecule has 4 nitrogen and oxygen atoms in total. The number of nitriles is 1. The van der Waals surface area contributed by atoms with Gasteiger partial charge in [0.2, 0.25) is 0 Å². The van der Waals surface area contributed by atoms with Gasteiger partial charge >= 0.3 is 0 Å². The first-order valence-electron chi connectivity index (χ1n) is 6.54. The Morgan fingerprint density at radius 3 is 2.84 bits per heavy atom. The molecule has 0 aliphatic heterocycles. The molecule has 2 aromatic rings. The number of hydrogen-bond donors (Lipinski definition) is 0. The van der Waals surface area contributed by atoms with Crippen LogP contribution in [0.4, 0.5) is 5.82 Å². The van der Waals surface area contributed by atoms with E-state index in [9.17, 15) is 0 Å². The summed E-state index contributed by atoms with van der Waals surface area (Å²) in [4.78, 5) is 2.16. The molecular weight excluding hydrogens is 236 g/mol. The van der Waals surface area contributed by atoms with Crippen molar-refractivity contribution in [2.45, 2.75) is 20.3 Å². The minimum absolute atomic E-state index is 0.498. The molecule has 1 aromatic heterocycles. The van der Waals surface area contributed by atoms with Crippen LogP contribution in [-0.4, -0.2) is 23.3 Å². The maximum Gasteiger partial charge on any atom is 0.159 e. The molecule has 0 N–H and O–H groups in total. The highest BCUT2D eigenvalue weighted by molar-refractivity contribution is 5.91. The summed E-state index contributed by atoms with van der Waals surface area (Å²) in [6.07, 6.45) is 2.27. The van der Waals surface area contributed by atoms with E-state index in [4.69, 9.17) is 5.26 Å². The number of aromatic nitrogens is 2. The summed E-state index contributed by atoms with van der Waals surface area (Å²) in [6.45, 7) is 5.90. The van der Waals surface area contributed by atoms with E-state index in [-0.39, 0.29) is 0 Å². The van der Waals surface area contributed by atoms with Crippen molar-refractivity contribution in [2.75, 3.05) is 18.0 Å². The maximum atomic E-state index is 8.80. The predicted octanol–water partition coefficient (Wildman–Crippen LogP) is 3.01. The Morgan fingerprint density at radius 2 is 2.11 bits per heavy atom. The summed E-state index contributed by atoms with van der Waals surface area (Å²) in [7, 11) is 0. The van der Waals surface area contributed by atoms with Crippen LogP contribution < -0.4 is 4.90 Å². The highest BCUT2D eigenvalue weighted by atomic mass is 15.3. The van der Waals surface area contributed by atoms with Crippen LogP contribution in [-0.2, 0) is 0 Å². The maximum absolute atomic E-state index is 8.80. The Bertz CT molecular complexity index is 581. The molecule has 0 radical (unpaired) electrons. The van der Waals surface area contributed by atoms with Crippen molar-refractivity contribution in [2.24, 2.45) is 5.92 Å². The van der Waals surface area contributed by atoms with Crippen LogP contribution in [0.1, 0.15) is 20.3 Å². The van der Waals surface area contributed by atoms with E-state index in [1.165, 1.54) is 0 Å². The Balaban J connectivity index is 2.40. The van der Waals surface area contributed by atoms with Crippen molar-refractivity contribution in [3.63, 3.8) is 0 Å². The molecule has 0 amide bonds. The van der Waals surface area contributed by atoms with E-state index in [0.717, 1.165) is 23.1 Å². The number of benzene rings is 1. The second kappa shape index (κ2) is 6.14. The van der Waals surface area contributed by atoms with Crippen molar-refractivity contribution < 1.29 is 0 Å². The Kier molecular flexibility index (Phi) is 4.30. The lowest BCUT2D eigenvalue weighted by molar-refractivity contribution is 0.607. The molecule has 1 heterocycles. The lowest BCUT2D eigenvalue weighted by Gasteiger charge is -2.25. The Hall–Kier alpha value is -2.15. The molecule has 0 bridgehead atoms. The smallest absolute Gasteiger partial charge is 0.159 e. The molecule has 1 aromatic carbocycles. The minimum Gasteiger partial charge on any atom is -0.353 e. The van der Waals surface area contributed by atoms with E-state index in [1.54, 1.807) is 6.20 Å². The van der Waals surface area contributed by atoms with Crippen LogP contribution in [0, 0.1) is 17.2 Å². The number of anilines is 1. The summed E-state index contributed by atoms with van der Waals surface area (Å²) in [6, 6.07) is 10.3. The Labute approximate surface area is 113 Å². The van der Waals surface area contributed by atoms with Crippen molar-refractivity contribution in [1.82, 2.24) is 10.2 Å². The normalized spacial score (nSPS) is 10.6. The average Bonchev–Trinajstić information content (AvgIpc) is 2.42. The molecule has 98 valence electrons. The number of nitrogens with zero attached hydrogens (tertiary/aromatic N) is 4. The van der Waals surface area contributed by atoms with Gasteiger partial charge in [0.05, 0.1) is 18.7 Å². The summed E-state index contributed by atoms with van der Waals surface area (Å²) in [5.41, 5.74) is 0. The van der Waals surface area contributed by atoms with Crippen molar-refractivity contribution in [1.29, 1.82) is 5.26 Å². The second-order valence-electron chi connectivity index (χ2n) is 5.00. The van der Waals surface area contributed by atoms with Gasteiger partial charge in [-0.25, -0.2) is 0 Å². The number of rotatable bonds is 5. The molecule has 4 heteroatoms. The van der Waals surface area contributed by atoms with Crippen molar-refractivity contribution >= 4 is 16.6 Å². The van der Waals surface area contributed by atoms with E-state index in [0.29, 0.717) is 18.9 Å². The third-order valence-electron chi connectivity index (χ3n) is 2.93. The highest BCUT2D eigenvalue weighted by Gasteiger charge is 2.13. The third-order valence-corrected chi connectivity index (χ3v) is 2.93. The van der Waals surface area contributed by atoms with E-state index < -0.39 is 0 Å². The first-order valence-corrected chi connectivity index (χ1v) is 6.54. The Morgan fingerprint density at radius 1 is 1.32 bits per heavy atom. The van der Waals surface area contributed by atoms with E-state index in [2.05, 4.69) is 41.1 Å². The van der Waals surface area contributed by atoms with Gasteiger partial charge in [-0.3, -0.25) is 0 Å². The molecule has 0 saturated carbocycles. The van der Waals surface area contributed by atoms with Gasteiger partial charge in [0, 0.05) is 23.9 Å². The molecule has 0 spiro atoms. The zero-order valence-electron chi connectivity index (χ0n) is 11.4. The molecule has 2 rings (SSSR count). The van der Waals surface area contributed by atoms with Gasteiger partial charge in [-0.05, 0) is 5.92 Å². The van der Waals surface area contributed by atoms with Crippen molar-refractivity contribution in [3.05, 3.63) is 30.5 Å². The first kappa shape index (κ1) is 13.3. The fourth-order valence-corrected chi connectivity index (χ4v) is 2.16. The predicted molar refractivity (Wildman–Crippen MR) is 76.8 cm³/mol. The largest absolute Gasteiger partial charge is 0.353 e. The van der Waals surface area contributed by atoms with Crippen LogP contribution >= 0.6 is 0 Å². The molecule has 0 aliphatic carbocycles. The van der Waals surface area contributed by atoms with Crippen LogP contribution in [0.5, 0.6) is 0 Å². The topological polar surface area (TPSA) is 52.8 Å². The molecule has 0 unspecified atom stereocenters. The van der Waals surface area contributed by atoms with Gasteiger partial charge in [0.1, 0.15) is 0 Å². The molecule has 0 fully saturated rings. The quantitative estimate of drug-likeness (QED) is 0.823. The highest BCUT2D eigenvalue weighted by Crippen LogP contribution is 2.23. The lowest BCUT2D eigenvalue weighted by Crippen LogP contribution is -2.29. The number of hydrogen-bond acceptors (Lipinski definition) is 4. The van der Waals surface area contributed by atoms with Crippen LogP contribution in [0.2, 0.25) is 0 Å².